The lowest BCUT2D eigenvalue weighted by atomic mass is 10.1. The van der Waals surface area contributed by atoms with Gasteiger partial charge >= 0.3 is 0 Å². The molecule has 6 nitrogen and oxygen atoms in total. The van der Waals surface area contributed by atoms with E-state index in [0.29, 0.717) is 13.0 Å². The molecule has 0 radical (unpaired) electrons. The van der Waals surface area contributed by atoms with E-state index in [4.69, 9.17) is 0 Å². The number of nitrogens with one attached hydrogen (secondary N) is 1. The molecule has 0 aliphatic heterocycles. The summed E-state index contributed by atoms with van der Waals surface area (Å²) >= 11 is 0. The van der Waals surface area contributed by atoms with Crippen molar-refractivity contribution in [3.8, 4) is 0 Å². The number of aromatic nitrogens is 2. The fourth-order valence-electron chi connectivity index (χ4n) is 2.16. The molecule has 1 aromatic carbocycles. The molecule has 0 bridgehead atoms. The maximum absolute atomic E-state index is 11.0. The highest BCUT2D eigenvalue weighted by Gasteiger charge is 2.11. The predicted octanol–water partition coefficient (Wildman–Crippen LogP) is 2.53. The van der Waals surface area contributed by atoms with Gasteiger partial charge in [-0.05, 0) is 19.4 Å². The van der Waals surface area contributed by atoms with E-state index < -0.39 is 0 Å². The molecule has 0 atom stereocenters. The standard InChI is InChI=1S/C15H20N4O2/c1-2-8-16-10-14-11-18(12-17-14)9-7-13-5-3-4-6-15(13)19(20)21/h3-6,11-12,16H,2,7-10H2,1H3. The maximum atomic E-state index is 11.0. The van der Waals surface area contributed by atoms with Crippen molar-refractivity contribution in [3.63, 3.8) is 0 Å². The van der Waals surface area contributed by atoms with E-state index in [2.05, 4.69) is 17.2 Å². The molecule has 0 saturated carbocycles. The summed E-state index contributed by atoms with van der Waals surface area (Å²) in [7, 11) is 0. The lowest BCUT2D eigenvalue weighted by molar-refractivity contribution is -0.385. The highest BCUT2D eigenvalue weighted by Crippen LogP contribution is 2.18. The molecule has 0 aliphatic rings. The van der Waals surface area contributed by atoms with Crippen LogP contribution >= 0.6 is 0 Å². The Hall–Kier alpha value is -2.21. The fourth-order valence-corrected chi connectivity index (χ4v) is 2.16. The molecule has 0 fully saturated rings. The van der Waals surface area contributed by atoms with Crippen molar-refractivity contribution < 1.29 is 4.92 Å². The minimum atomic E-state index is -0.330. The average molecular weight is 288 g/mol. The zero-order valence-corrected chi connectivity index (χ0v) is 12.2. The summed E-state index contributed by atoms with van der Waals surface area (Å²) < 4.78 is 1.97. The predicted molar refractivity (Wildman–Crippen MR) is 81.0 cm³/mol. The second-order valence-electron chi connectivity index (χ2n) is 4.92. The van der Waals surface area contributed by atoms with Gasteiger partial charge in [-0.1, -0.05) is 25.1 Å². The van der Waals surface area contributed by atoms with Crippen molar-refractivity contribution in [1.82, 2.24) is 14.9 Å². The molecule has 21 heavy (non-hydrogen) atoms. The van der Waals surface area contributed by atoms with Crippen LogP contribution in [0, 0.1) is 10.1 Å². The summed E-state index contributed by atoms with van der Waals surface area (Å²) in [5.41, 5.74) is 1.93. The van der Waals surface area contributed by atoms with Gasteiger partial charge in [0.1, 0.15) is 0 Å². The van der Waals surface area contributed by atoms with Gasteiger partial charge in [0, 0.05) is 30.9 Å². The molecule has 0 aliphatic carbocycles. The zero-order valence-electron chi connectivity index (χ0n) is 12.2. The topological polar surface area (TPSA) is 73.0 Å². The minimum absolute atomic E-state index is 0.183. The summed E-state index contributed by atoms with van der Waals surface area (Å²) in [6.45, 7) is 4.54. The molecule has 1 N–H and O–H groups in total. The number of para-hydroxylation sites is 1. The molecular weight excluding hydrogens is 268 g/mol. The van der Waals surface area contributed by atoms with Crippen LogP contribution in [0.3, 0.4) is 0 Å². The Morgan fingerprint density at radius 1 is 1.38 bits per heavy atom. The van der Waals surface area contributed by atoms with Gasteiger partial charge in [-0.15, -0.1) is 0 Å². The Bertz CT molecular complexity index is 595. The Kier molecular flexibility index (Phi) is 5.45. The summed E-state index contributed by atoms with van der Waals surface area (Å²) in [5, 5.41) is 14.3. The number of hydrogen-bond donors (Lipinski definition) is 1. The molecule has 0 spiro atoms. The van der Waals surface area contributed by atoms with E-state index in [9.17, 15) is 10.1 Å². The van der Waals surface area contributed by atoms with E-state index >= 15 is 0 Å². The highest BCUT2D eigenvalue weighted by atomic mass is 16.6. The van der Waals surface area contributed by atoms with E-state index in [1.807, 2.05) is 16.8 Å². The molecule has 2 aromatic rings. The monoisotopic (exact) mass is 288 g/mol. The number of benzene rings is 1. The van der Waals surface area contributed by atoms with Crippen LogP contribution in [0.5, 0.6) is 0 Å². The van der Waals surface area contributed by atoms with E-state index in [0.717, 1.165) is 30.8 Å². The molecule has 6 heteroatoms. The first-order valence-electron chi connectivity index (χ1n) is 7.14. The largest absolute Gasteiger partial charge is 0.337 e. The number of nitro groups is 1. The first-order chi connectivity index (χ1) is 10.2. The molecule has 0 saturated heterocycles. The number of imidazole rings is 1. The van der Waals surface area contributed by atoms with Crippen LogP contribution in [0.1, 0.15) is 24.6 Å². The molecule has 1 aromatic heterocycles. The van der Waals surface area contributed by atoms with Crippen LogP contribution in [-0.2, 0) is 19.5 Å². The first-order valence-corrected chi connectivity index (χ1v) is 7.14. The van der Waals surface area contributed by atoms with Crippen molar-refractivity contribution in [1.29, 1.82) is 0 Å². The zero-order chi connectivity index (χ0) is 15.1. The Morgan fingerprint density at radius 3 is 2.95 bits per heavy atom. The summed E-state index contributed by atoms with van der Waals surface area (Å²) in [6, 6.07) is 6.87. The van der Waals surface area contributed by atoms with Crippen LogP contribution in [-0.4, -0.2) is 21.0 Å². The second-order valence-corrected chi connectivity index (χ2v) is 4.92. The van der Waals surface area contributed by atoms with E-state index in [1.54, 1.807) is 24.5 Å². The van der Waals surface area contributed by atoms with Gasteiger partial charge < -0.3 is 9.88 Å². The van der Waals surface area contributed by atoms with Crippen molar-refractivity contribution in [2.24, 2.45) is 0 Å². The summed E-state index contributed by atoms with van der Waals surface area (Å²) in [6.07, 6.45) is 5.48. The average Bonchev–Trinajstić information content (AvgIpc) is 2.93. The first kappa shape index (κ1) is 15.2. The lowest BCUT2D eigenvalue weighted by Crippen LogP contribution is -2.13. The summed E-state index contributed by atoms with van der Waals surface area (Å²) in [5.74, 6) is 0. The number of hydrogen-bond acceptors (Lipinski definition) is 4. The van der Waals surface area contributed by atoms with Crippen molar-refractivity contribution >= 4 is 5.69 Å². The fraction of sp³-hybridized carbons (Fsp3) is 0.400. The molecule has 1 heterocycles. The minimum Gasteiger partial charge on any atom is -0.337 e. The SMILES string of the molecule is CCCNCc1cn(CCc2ccccc2[N+](=O)[O-])cn1. The molecular formula is C15H20N4O2. The highest BCUT2D eigenvalue weighted by molar-refractivity contribution is 5.39. The molecule has 0 amide bonds. The van der Waals surface area contributed by atoms with Gasteiger partial charge in [0.25, 0.3) is 5.69 Å². The van der Waals surface area contributed by atoms with Gasteiger partial charge in [-0.3, -0.25) is 10.1 Å². The quantitative estimate of drug-likeness (QED) is 0.460. The van der Waals surface area contributed by atoms with Gasteiger partial charge in [-0.2, -0.15) is 0 Å². The van der Waals surface area contributed by atoms with Gasteiger partial charge in [0.15, 0.2) is 0 Å². The van der Waals surface area contributed by atoms with E-state index in [1.165, 1.54) is 0 Å². The van der Waals surface area contributed by atoms with Crippen LogP contribution in [0.4, 0.5) is 5.69 Å². The Morgan fingerprint density at radius 2 is 2.19 bits per heavy atom. The van der Waals surface area contributed by atoms with E-state index in [-0.39, 0.29) is 10.6 Å². The third kappa shape index (κ3) is 4.39. The van der Waals surface area contributed by atoms with Crippen molar-refractivity contribution in [2.45, 2.75) is 32.9 Å². The third-order valence-electron chi connectivity index (χ3n) is 3.25. The number of aryl methyl sites for hydroxylation is 2. The van der Waals surface area contributed by atoms with Crippen LogP contribution in [0.25, 0.3) is 0 Å². The van der Waals surface area contributed by atoms with Crippen LogP contribution in [0.2, 0.25) is 0 Å². The van der Waals surface area contributed by atoms with Gasteiger partial charge in [0.2, 0.25) is 0 Å². The molecule has 2 rings (SSSR count). The number of nitrogens with zero attached hydrogens (tertiary/aromatic N) is 3. The van der Waals surface area contributed by atoms with Gasteiger partial charge in [0.05, 0.1) is 16.9 Å². The summed E-state index contributed by atoms with van der Waals surface area (Å²) in [4.78, 5) is 15.0. The van der Waals surface area contributed by atoms with Crippen molar-refractivity contribution in [2.75, 3.05) is 6.54 Å². The number of rotatable bonds is 8. The molecule has 112 valence electrons. The smallest absolute Gasteiger partial charge is 0.272 e. The van der Waals surface area contributed by atoms with Crippen molar-refractivity contribution in [3.05, 3.63) is 58.2 Å². The second kappa shape index (κ2) is 7.54. The Labute approximate surface area is 124 Å². The number of nitro benzene ring substituents is 1. The third-order valence-corrected chi connectivity index (χ3v) is 3.25. The van der Waals surface area contributed by atoms with Crippen LogP contribution < -0.4 is 5.32 Å². The lowest BCUT2D eigenvalue weighted by Gasteiger charge is -2.03. The van der Waals surface area contributed by atoms with Gasteiger partial charge in [-0.25, -0.2) is 4.98 Å². The molecule has 0 unspecified atom stereocenters. The maximum Gasteiger partial charge on any atom is 0.272 e. The normalized spacial score (nSPS) is 10.7. The Balaban J connectivity index is 1.93. The van der Waals surface area contributed by atoms with Crippen LogP contribution in [0.15, 0.2) is 36.8 Å².